The predicted molar refractivity (Wildman–Crippen MR) is 213 cm³/mol. The highest BCUT2D eigenvalue weighted by molar-refractivity contribution is 6.28. The smallest absolute Gasteiger partial charge is 0.166 e. The van der Waals surface area contributed by atoms with Crippen LogP contribution < -0.4 is 0 Å². The van der Waals surface area contributed by atoms with Crippen LogP contribution in [0, 0.1) is 0 Å². The molecule has 0 bridgehead atoms. The van der Waals surface area contributed by atoms with E-state index in [0.29, 0.717) is 0 Å². The standard InChI is InChI=1S/C49H29F3/c50-49(51,52)34-24-21-30(22-25-34)31-23-26-43-46(27-31)48(45-29-33-12-2-4-14-36(33)38-16-6-8-18-40(38)45)42-20-10-9-19-41(42)47(43)44-28-32-11-1-3-13-35(32)37-15-5-7-17-39(37)44/h1-29H. The Morgan fingerprint density at radius 2 is 0.673 bits per heavy atom. The Hall–Kier alpha value is -6.45. The Morgan fingerprint density at radius 1 is 0.288 bits per heavy atom. The molecule has 0 saturated carbocycles. The van der Waals surface area contributed by atoms with Crippen molar-refractivity contribution >= 4 is 64.6 Å². The van der Waals surface area contributed by atoms with Crippen LogP contribution >= 0.6 is 0 Å². The normalized spacial score (nSPS) is 12.1. The molecule has 10 aromatic carbocycles. The average molecular weight is 675 g/mol. The van der Waals surface area contributed by atoms with Crippen LogP contribution in [0.15, 0.2) is 176 Å². The molecule has 0 aromatic heterocycles. The van der Waals surface area contributed by atoms with Crippen LogP contribution in [0.25, 0.3) is 98.0 Å². The van der Waals surface area contributed by atoms with Gasteiger partial charge in [0.15, 0.2) is 0 Å². The van der Waals surface area contributed by atoms with Crippen molar-refractivity contribution in [3.8, 4) is 33.4 Å². The van der Waals surface area contributed by atoms with Gasteiger partial charge in [-0.25, -0.2) is 0 Å². The van der Waals surface area contributed by atoms with Crippen molar-refractivity contribution in [2.24, 2.45) is 0 Å². The minimum Gasteiger partial charge on any atom is -0.166 e. The molecule has 0 N–H and O–H groups in total. The van der Waals surface area contributed by atoms with E-state index in [-0.39, 0.29) is 0 Å². The largest absolute Gasteiger partial charge is 0.416 e. The van der Waals surface area contributed by atoms with E-state index in [2.05, 4.69) is 152 Å². The van der Waals surface area contributed by atoms with Gasteiger partial charge in [-0.2, -0.15) is 13.2 Å². The zero-order chi connectivity index (χ0) is 35.0. The van der Waals surface area contributed by atoms with E-state index in [9.17, 15) is 13.2 Å². The summed E-state index contributed by atoms with van der Waals surface area (Å²) in [5.41, 5.74) is 5.45. The molecule has 10 aromatic rings. The molecule has 0 fully saturated rings. The molecule has 10 rings (SSSR count). The number of rotatable bonds is 3. The first-order chi connectivity index (χ1) is 25.4. The highest BCUT2D eigenvalue weighted by Crippen LogP contribution is 2.49. The van der Waals surface area contributed by atoms with E-state index in [4.69, 9.17) is 0 Å². The third kappa shape index (κ3) is 4.70. The van der Waals surface area contributed by atoms with Gasteiger partial charge < -0.3 is 0 Å². The Labute approximate surface area is 298 Å². The first-order valence-corrected chi connectivity index (χ1v) is 17.4. The molecule has 0 atom stereocenters. The second-order valence-corrected chi connectivity index (χ2v) is 13.5. The van der Waals surface area contributed by atoms with Crippen LogP contribution in [0.3, 0.4) is 0 Å². The summed E-state index contributed by atoms with van der Waals surface area (Å²) in [5.74, 6) is 0. The van der Waals surface area contributed by atoms with Crippen LogP contribution in [0.1, 0.15) is 5.56 Å². The number of hydrogen-bond donors (Lipinski definition) is 0. The number of fused-ring (bicyclic) bond motifs is 8. The monoisotopic (exact) mass is 674 g/mol. The maximum Gasteiger partial charge on any atom is 0.416 e. The minimum absolute atomic E-state index is 0.656. The summed E-state index contributed by atoms with van der Waals surface area (Å²) in [6, 6.07) is 59.4. The minimum atomic E-state index is -4.40. The topological polar surface area (TPSA) is 0 Å². The summed E-state index contributed by atoms with van der Waals surface area (Å²) in [7, 11) is 0. The molecular weight excluding hydrogens is 646 g/mol. The predicted octanol–water partition coefficient (Wildman–Crippen LogP) is 14.6. The highest BCUT2D eigenvalue weighted by atomic mass is 19.4. The van der Waals surface area contributed by atoms with Crippen molar-refractivity contribution in [2.45, 2.75) is 6.18 Å². The van der Waals surface area contributed by atoms with Crippen LogP contribution in [-0.4, -0.2) is 0 Å². The zero-order valence-corrected chi connectivity index (χ0v) is 27.9. The quantitative estimate of drug-likeness (QED) is 0.129. The first kappa shape index (κ1) is 30.4. The molecule has 0 spiro atoms. The lowest BCUT2D eigenvalue weighted by molar-refractivity contribution is -0.137. The fourth-order valence-corrected chi connectivity index (χ4v) is 8.31. The van der Waals surface area contributed by atoms with Crippen LogP contribution in [0.5, 0.6) is 0 Å². The molecule has 0 amide bonds. The fourth-order valence-electron chi connectivity index (χ4n) is 8.31. The van der Waals surface area contributed by atoms with Gasteiger partial charge in [0.05, 0.1) is 5.56 Å². The van der Waals surface area contributed by atoms with E-state index in [1.165, 1.54) is 44.5 Å². The lowest BCUT2D eigenvalue weighted by Crippen LogP contribution is -2.03. The maximum atomic E-state index is 13.6. The summed E-state index contributed by atoms with van der Waals surface area (Å²) in [4.78, 5) is 0. The van der Waals surface area contributed by atoms with E-state index < -0.39 is 11.7 Å². The average Bonchev–Trinajstić information content (AvgIpc) is 3.19. The molecule has 52 heavy (non-hydrogen) atoms. The van der Waals surface area contributed by atoms with Crippen molar-refractivity contribution in [1.29, 1.82) is 0 Å². The number of alkyl halides is 3. The molecule has 0 aliphatic heterocycles. The Kier molecular flexibility index (Phi) is 6.74. The molecule has 0 saturated heterocycles. The number of halogens is 3. The number of benzene rings is 10. The van der Waals surface area contributed by atoms with E-state index in [1.807, 2.05) is 0 Å². The van der Waals surface area contributed by atoms with Gasteiger partial charge in [0.25, 0.3) is 0 Å². The maximum absolute atomic E-state index is 13.6. The first-order valence-electron chi connectivity index (χ1n) is 17.4. The van der Waals surface area contributed by atoms with Gasteiger partial charge in [-0.3, -0.25) is 0 Å². The summed E-state index contributed by atoms with van der Waals surface area (Å²) >= 11 is 0. The highest BCUT2D eigenvalue weighted by Gasteiger charge is 2.30. The lowest BCUT2D eigenvalue weighted by Gasteiger charge is -2.21. The molecule has 0 aliphatic rings. The SMILES string of the molecule is FC(F)(F)c1ccc(-c2ccc3c(-c4cc5ccccc5c5ccccc45)c4ccccc4c(-c4cc5ccccc5c5ccccc45)c3c2)cc1. The molecular formula is C49H29F3. The van der Waals surface area contributed by atoms with Crippen molar-refractivity contribution in [1.82, 2.24) is 0 Å². The summed E-state index contributed by atoms with van der Waals surface area (Å²) < 4.78 is 40.7. The second kappa shape index (κ2) is 11.5. The third-order valence-corrected chi connectivity index (χ3v) is 10.6. The molecule has 0 nitrogen and oxygen atoms in total. The fraction of sp³-hybridized carbons (Fsp3) is 0.0204. The molecule has 0 heterocycles. The van der Waals surface area contributed by atoms with Crippen LogP contribution in [-0.2, 0) is 6.18 Å². The van der Waals surface area contributed by atoms with Gasteiger partial charge >= 0.3 is 6.18 Å². The molecule has 0 unspecified atom stereocenters. The zero-order valence-electron chi connectivity index (χ0n) is 27.9. The van der Waals surface area contributed by atoms with Crippen molar-refractivity contribution in [3.05, 3.63) is 181 Å². The Balaban J connectivity index is 1.38. The van der Waals surface area contributed by atoms with Crippen molar-refractivity contribution < 1.29 is 13.2 Å². The van der Waals surface area contributed by atoms with Crippen molar-refractivity contribution in [3.63, 3.8) is 0 Å². The molecule has 3 heteroatoms. The number of hydrogen-bond acceptors (Lipinski definition) is 0. The van der Waals surface area contributed by atoms with Crippen LogP contribution in [0.2, 0.25) is 0 Å². The third-order valence-electron chi connectivity index (χ3n) is 10.6. The van der Waals surface area contributed by atoms with Gasteiger partial charge in [-0.1, -0.05) is 146 Å². The van der Waals surface area contributed by atoms with E-state index >= 15 is 0 Å². The summed E-state index contributed by atoms with van der Waals surface area (Å²) in [6.45, 7) is 0. The lowest BCUT2D eigenvalue weighted by atomic mass is 9.81. The molecule has 246 valence electrons. The van der Waals surface area contributed by atoms with Gasteiger partial charge in [-0.05, 0) is 128 Å². The second-order valence-electron chi connectivity index (χ2n) is 13.5. The van der Waals surface area contributed by atoms with E-state index in [1.54, 1.807) is 12.1 Å². The summed E-state index contributed by atoms with van der Waals surface area (Å²) in [6.07, 6.45) is -4.40. The Bertz CT molecular complexity index is 3040. The van der Waals surface area contributed by atoms with Crippen molar-refractivity contribution in [2.75, 3.05) is 0 Å². The molecule has 0 aliphatic carbocycles. The molecule has 0 radical (unpaired) electrons. The van der Waals surface area contributed by atoms with E-state index in [0.717, 1.165) is 65.7 Å². The van der Waals surface area contributed by atoms with Gasteiger partial charge in [0, 0.05) is 0 Å². The van der Waals surface area contributed by atoms with Crippen LogP contribution in [0.4, 0.5) is 13.2 Å². The summed E-state index contributed by atoms with van der Waals surface area (Å²) in [5, 5.41) is 13.8. The van der Waals surface area contributed by atoms with Gasteiger partial charge in [-0.15, -0.1) is 0 Å². The Morgan fingerprint density at radius 3 is 1.17 bits per heavy atom. The van der Waals surface area contributed by atoms with Gasteiger partial charge in [0.1, 0.15) is 0 Å². The van der Waals surface area contributed by atoms with Gasteiger partial charge in [0.2, 0.25) is 0 Å².